The molecule has 0 aromatic heterocycles. The van der Waals surface area contributed by atoms with Crippen LogP contribution in [-0.4, -0.2) is 35.2 Å². The number of hydrogen-bond donors (Lipinski definition) is 1. The first-order chi connectivity index (χ1) is 6.86. The number of piperidine rings is 1. The minimum absolute atomic E-state index is 0.315. The van der Waals surface area contributed by atoms with Crippen LogP contribution < -0.4 is 0 Å². The van der Waals surface area contributed by atoms with Crippen molar-refractivity contribution in [3.8, 4) is 0 Å². The van der Waals surface area contributed by atoms with E-state index in [1.165, 1.54) is 6.42 Å². The smallest absolute Gasteiger partial charge is 0.0586 e. The number of aliphatic hydroxyl groups is 1. The summed E-state index contributed by atoms with van der Waals surface area (Å²) in [5, 5.41) is 9.36. The lowest BCUT2D eigenvalue weighted by Crippen LogP contribution is -2.51. The molecule has 90 valence electrons. The van der Waals surface area contributed by atoms with E-state index in [9.17, 15) is 5.11 Å². The third kappa shape index (κ3) is 3.18. The van der Waals surface area contributed by atoms with Gasteiger partial charge in [0.25, 0.3) is 0 Å². The molecular formula is C13H27NO. The van der Waals surface area contributed by atoms with Crippen LogP contribution in [-0.2, 0) is 0 Å². The van der Waals surface area contributed by atoms with Crippen LogP contribution in [0.15, 0.2) is 0 Å². The van der Waals surface area contributed by atoms with E-state index >= 15 is 0 Å². The lowest BCUT2D eigenvalue weighted by Gasteiger charge is -2.45. The Balaban J connectivity index is 2.66. The highest BCUT2D eigenvalue weighted by molar-refractivity contribution is 4.87. The molecule has 1 aliphatic heterocycles. The Hall–Kier alpha value is -0.0800. The highest BCUT2D eigenvalue weighted by Crippen LogP contribution is 2.35. The van der Waals surface area contributed by atoms with Crippen molar-refractivity contribution in [2.75, 3.05) is 13.2 Å². The van der Waals surface area contributed by atoms with E-state index in [0.29, 0.717) is 24.1 Å². The predicted molar refractivity (Wildman–Crippen MR) is 64.9 cm³/mol. The first kappa shape index (κ1) is 13.0. The van der Waals surface area contributed by atoms with Gasteiger partial charge < -0.3 is 5.11 Å². The molecule has 0 radical (unpaired) electrons. The van der Waals surface area contributed by atoms with Crippen LogP contribution in [0.3, 0.4) is 0 Å². The molecular weight excluding hydrogens is 186 g/mol. The summed E-state index contributed by atoms with van der Waals surface area (Å²) in [7, 11) is 0. The van der Waals surface area contributed by atoms with Crippen molar-refractivity contribution >= 4 is 0 Å². The largest absolute Gasteiger partial charge is 0.395 e. The topological polar surface area (TPSA) is 23.5 Å². The Morgan fingerprint density at radius 2 is 1.87 bits per heavy atom. The Bertz CT molecular complexity index is 195. The van der Waals surface area contributed by atoms with Crippen LogP contribution in [0.1, 0.15) is 47.5 Å². The highest BCUT2D eigenvalue weighted by Gasteiger charge is 2.34. The van der Waals surface area contributed by atoms with E-state index < -0.39 is 0 Å². The normalized spacial score (nSPS) is 29.8. The number of aliphatic hydroxyl groups excluding tert-OH is 1. The lowest BCUT2D eigenvalue weighted by atomic mass is 9.74. The van der Waals surface area contributed by atoms with E-state index in [1.807, 2.05) is 0 Å². The maximum atomic E-state index is 9.36. The molecule has 1 N–H and O–H groups in total. The Morgan fingerprint density at radius 3 is 2.27 bits per heavy atom. The second-order valence-corrected chi connectivity index (χ2v) is 6.27. The summed E-state index contributed by atoms with van der Waals surface area (Å²) in [5.74, 6) is 0.766. The number of likely N-dealkylation sites (tertiary alicyclic amines) is 1. The molecule has 0 bridgehead atoms. The fourth-order valence-electron chi connectivity index (χ4n) is 2.59. The summed E-state index contributed by atoms with van der Waals surface area (Å²) in [6.07, 6.45) is 2.41. The molecule has 0 amide bonds. The van der Waals surface area contributed by atoms with Crippen LogP contribution >= 0.6 is 0 Å². The average molecular weight is 213 g/mol. The van der Waals surface area contributed by atoms with Gasteiger partial charge in [-0.05, 0) is 38.0 Å². The SMILES string of the molecule is CC(C)N1CC(C(C)(C)C)CCC1CO. The van der Waals surface area contributed by atoms with Crippen molar-refractivity contribution in [3.63, 3.8) is 0 Å². The summed E-state index contributed by atoms with van der Waals surface area (Å²) < 4.78 is 0. The molecule has 1 heterocycles. The zero-order valence-electron chi connectivity index (χ0n) is 11.0. The van der Waals surface area contributed by atoms with Crippen molar-refractivity contribution < 1.29 is 5.11 Å². The van der Waals surface area contributed by atoms with Gasteiger partial charge >= 0.3 is 0 Å². The summed E-state index contributed by atoms with van der Waals surface area (Å²) in [6.45, 7) is 12.9. The fourth-order valence-corrected chi connectivity index (χ4v) is 2.59. The second-order valence-electron chi connectivity index (χ2n) is 6.27. The second kappa shape index (κ2) is 4.84. The molecule has 1 fully saturated rings. The fraction of sp³-hybridized carbons (Fsp3) is 1.00. The predicted octanol–water partition coefficient (Wildman–Crippen LogP) is 2.51. The molecule has 2 heteroatoms. The van der Waals surface area contributed by atoms with Crippen LogP contribution in [0.5, 0.6) is 0 Å². The Labute approximate surface area is 94.7 Å². The first-order valence-corrected chi connectivity index (χ1v) is 6.23. The van der Waals surface area contributed by atoms with Gasteiger partial charge in [0.1, 0.15) is 0 Å². The van der Waals surface area contributed by atoms with Gasteiger partial charge in [0.05, 0.1) is 6.61 Å². The molecule has 2 atom stereocenters. The molecule has 2 nitrogen and oxygen atoms in total. The van der Waals surface area contributed by atoms with Gasteiger partial charge in [0.2, 0.25) is 0 Å². The molecule has 0 saturated carbocycles. The van der Waals surface area contributed by atoms with Crippen molar-refractivity contribution in [1.29, 1.82) is 0 Å². The Kier molecular flexibility index (Phi) is 4.19. The summed E-state index contributed by atoms with van der Waals surface area (Å²) in [6, 6.07) is 0.941. The lowest BCUT2D eigenvalue weighted by molar-refractivity contribution is 0.00914. The summed E-state index contributed by atoms with van der Waals surface area (Å²) in [5.41, 5.74) is 0.396. The third-order valence-electron chi connectivity index (χ3n) is 3.85. The van der Waals surface area contributed by atoms with Gasteiger partial charge in [0, 0.05) is 18.6 Å². The molecule has 2 unspecified atom stereocenters. The summed E-state index contributed by atoms with van der Waals surface area (Å²) >= 11 is 0. The molecule has 0 spiro atoms. The van der Waals surface area contributed by atoms with Crippen molar-refractivity contribution in [2.24, 2.45) is 11.3 Å². The number of rotatable bonds is 2. The number of hydrogen-bond acceptors (Lipinski definition) is 2. The Morgan fingerprint density at radius 1 is 1.27 bits per heavy atom. The van der Waals surface area contributed by atoms with Crippen molar-refractivity contribution in [3.05, 3.63) is 0 Å². The quantitative estimate of drug-likeness (QED) is 0.762. The van der Waals surface area contributed by atoms with Crippen LogP contribution in [0.25, 0.3) is 0 Å². The molecule has 1 aliphatic rings. The van der Waals surface area contributed by atoms with Gasteiger partial charge in [-0.15, -0.1) is 0 Å². The van der Waals surface area contributed by atoms with Crippen molar-refractivity contribution in [1.82, 2.24) is 4.90 Å². The molecule has 0 aromatic carbocycles. The average Bonchev–Trinajstić information content (AvgIpc) is 2.15. The van der Waals surface area contributed by atoms with E-state index in [0.717, 1.165) is 18.9 Å². The van der Waals surface area contributed by atoms with E-state index in [-0.39, 0.29) is 0 Å². The van der Waals surface area contributed by atoms with Crippen LogP contribution in [0.4, 0.5) is 0 Å². The minimum atomic E-state index is 0.315. The zero-order valence-corrected chi connectivity index (χ0v) is 11.0. The molecule has 1 saturated heterocycles. The van der Waals surface area contributed by atoms with Crippen molar-refractivity contribution in [2.45, 2.75) is 59.5 Å². The van der Waals surface area contributed by atoms with Gasteiger partial charge in [-0.25, -0.2) is 0 Å². The number of nitrogens with zero attached hydrogens (tertiary/aromatic N) is 1. The van der Waals surface area contributed by atoms with Crippen LogP contribution in [0, 0.1) is 11.3 Å². The molecule has 0 aliphatic carbocycles. The van der Waals surface area contributed by atoms with Crippen LogP contribution in [0.2, 0.25) is 0 Å². The zero-order chi connectivity index (χ0) is 11.6. The maximum Gasteiger partial charge on any atom is 0.0586 e. The summed E-state index contributed by atoms with van der Waals surface area (Å²) in [4.78, 5) is 2.47. The van der Waals surface area contributed by atoms with E-state index in [1.54, 1.807) is 0 Å². The van der Waals surface area contributed by atoms with Gasteiger partial charge in [0.15, 0.2) is 0 Å². The third-order valence-corrected chi connectivity index (χ3v) is 3.85. The first-order valence-electron chi connectivity index (χ1n) is 6.23. The molecule has 1 rings (SSSR count). The minimum Gasteiger partial charge on any atom is -0.395 e. The standard InChI is InChI=1S/C13H27NO/c1-10(2)14-8-11(13(3,4)5)6-7-12(14)9-15/h10-12,15H,6-9H2,1-5H3. The molecule has 15 heavy (non-hydrogen) atoms. The highest BCUT2D eigenvalue weighted by atomic mass is 16.3. The van der Waals surface area contributed by atoms with E-state index in [2.05, 4.69) is 39.5 Å². The molecule has 0 aromatic rings. The van der Waals surface area contributed by atoms with Gasteiger partial charge in [-0.1, -0.05) is 20.8 Å². The van der Waals surface area contributed by atoms with Gasteiger partial charge in [-0.2, -0.15) is 0 Å². The monoisotopic (exact) mass is 213 g/mol. The van der Waals surface area contributed by atoms with Gasteiger partial charge in [-0.3, -0.25) is 4.90 Å². The maximum absolute atomic E-state index is 9.36. The van der Waals surface area contributed by atoms with E-state index in [4.69, 9.17) is 0 Å².